The smallest absolute Gasteiger partial charge is 0.390 e. The topological polar surface area (TPSA) is 83.8 Å². The lowest BCUT2D eigenvalue weighted by Crippen LogP contribution is -2.27. The summed E-state index contributed by atoms with van der Waals surface area (Å²) in [6.45, 7) is 6.92. The molecule has 1 atom stereocenters. The maximum atomic E-state index is 12.9. The van der Waals surface area contributed by atoms with Gasteiger partial charge in [-0.1, -0.05) is 32.9 Å². The van der Waals surface area contributed by atoms with Crippen LogP contribution in [-0.2, 0) is 12.8 Å². The van der Waals surface area contributed by atoms with Crippen molar-refractivity contribution in [2.24, 2.45) is 5.41 Å². The van der Waals surface area contributed by atoms with Gasteiger partial charge in [-0.15, -0.1) is 0 Å². The molecular formula is C19H21F3N4O2. The summed E-state index contributed by atoms with van der Waals surface area (Å²) in [6.07, 6.45) is -4.43. The first-order valence-corrected chi connectivity index (χ1v) is 8.69. The number of H-pyrrole nitrogens is 1. The van der Waals surface area contributed by atoms with Crippen LogP contribution in [0.25, 0.3) is 11.0 Å². The molecule has 1 aromatic carbocycles. The minimum absolute atomic E-state index is 0.171. The first-order chi connectivity index (χ1) is 12.9. The fourth-order valence-corrected chi connectivity index (χ4v) is 3.38. The summed E-state index contributed by atoms with van der Waals surface area (Å²) in [5, 5.41) is 14.2. The minimum atomic E-state index is -4.43. The molecule has 2 aromatic heterocycles. The third-order valence-electron chi connectivity index (χ3n) is 4.52. The van der Waals surface area contributed by atoms with Crippen molar-refractivity contribution in [3.63, 3.8) is 0 Å². The van der Waals surface area contributed by atoms with Crippen molar-refractivity contribution in [1.82, 2.24) is 19.7 Å². The van der Waals surface area contributed by atoms with Gasteiger partial charge < -0.3 is 10.1 Å². The molecule has 1 unspecified atom stereocenters. The van der Waals surface area contributed by atoms with E-state index in [-0.39, 0.29) is 16.7 Å². The summed E-state index contributed by atoms with van der Waals surface area (Å²) in [5.74, 6) is 0.378. The molecule has 2 N–H and O–H groups in total. The summed E-state index contributed by atoms with van der Waals surface area (Å²) in [7, 11) is 0. The molecule has 0 saturated heterocycles. The summed E-state index contributed by atoms with van der Waals surface area (Å²) < 4.78 is 40.3. The second kappa shape index (κ2) is 6.73. The zero-order valence-corrected chi connectivity index (χ0v) is 15.9. The van der Waals surface area contributed by atoms with E-state index < -0.39 is 35.4 Å². The standard InChI is InChI=1S/C19H21F3N4O2/c1-10-23-16-14(17(28)24-10)13(9-27)25-26(16)15(18(2,3)4)11-5-7-12(8-6-11)19(20,21)22/h5-8,15,27H,9H2,1-4H3,(H,23,24,28). The van der Waals surface area contributed by atoms with Gasteiger partial charge in [0.15, 0.2) is 5.65 Å². The number of hydrogen-bond donors (Lipinski definition) is 2. The van der Waals surface area contributed by atoms with E-state index in [0.29, 0.717) is 11.4 Å². The van der Waals surface area contributed by atoms with Crippen LogP contribution < -0.4 is 5.56 Å². The van der Waals surface area contributed by atoms with Crippen LogP contribution in [0.5, 0.6) is 0 Å². The highest BCUT2D eigenvalue weighted by Gasteiger charge is 2.34. The van der Waals surface area contributed by atoms with Gasteiger partial charge in [-0.05, 0) is 30.0 Å². The zero-order valence-electron chi connectivity index (χ0n) is 15.9. The SMILES string of the molecule is Cc1nc2c(c(CO)nn2C(c2ccc(C(F)(F)F)cc2)C(C)(C)C)c(=O)[nH]1. The lowest BCUT2D eigenvalue weighted by atomic mass is 9.82. The lowest BCUT2D eigenvalue weighted by Gasteiger charge is -2.32. The van der Waals surface area contributed by atoms with E-state index in [4.69, 9.17) is 0 Å². The number of aliphatic hydroxyl groups is 1. The van der Waals surface area contributed by atoms with Crippen molar-refractivity contribution in [3.05, 3.63) is 57.3 Å². The number of alkyl halides is 3. The Morgan fingerprint density at radius 1 is 1.18 bits per heavy atom. The van der Waals surface area contributed by atoms with Gasteiger partial charge in [-0.25, -0.2) is 9.67 Å². The number of benzene rings is 1. The van der Waals surface area contributed by atoms with E-state index in [1.807, 2.05) is 20.8 Å². The number of aromatic nitrogens is 4. The van der Waals surface area contributed by atoms with Crippen molar-refractivity contribution in [2.45, 2.75) is 46.5 Å². The number of fused-ring (bicyclic) bond motifs is 1. The van der Waals surface area contributed by atoms with Crippen LogP contribution in [0, 0.1) is 12.3 Å². The van der Waals surface area contributed by atoms with Crippen LogP contribution >= 0.6 is 0 Å². The van der Waals surface area contributed by atoms with Crippen LogP contribution in [-0.4, -0.2) is 24.9 Å². The molecule has 0 bridgehead atoms. The van der Waals surface area contributed by atoms with Gasteiger partial charge >= 0.3 is 6.18 Å². The number of halogens is 3. The number of nitrogens with zero attached hydrogens (tertiary/aromatic N) is 3. The first kappa shape index (κ1) is 20.1. The first-order valence-electron chi connectivity index (χ1n) is 8.69. The molecule has 150 valence electrons. The van der Waals surface area contributed by atoms with Gasteiger partial charge in [0.25, 0.3) is 5.56 Å². The van der Waals surface area contributed by atoms with E-state index in [1.165, 1.54) is 16.8 Å². The third kappa shape index (κ3) is 3.54. The second-order valence-electron chi connectivity index (χ2n) is 7.79. The van der Waals surface area contributed by atoms with Gasteiger partial charge in [-0.2, -0.15) is 18.3 Å². The van der Waals surface area contributed by atoms with E-state index in [2.05, 4.69) is 15.1 Å². The second-order valence-corrected chi connectivity index (χ2v) is 7.79. The van der Waals surface area contributed by atoms with Crippen LogP contribution in [0.1, 0.15) is 49.5 Å². The highest BCUT2D eigenvalue weighted by Crippen LogP contribution is 2.39. The average Bonchev–Trinajstić information content (AvgIpc) is 2.92. The molecule has 0 saturated carbocycles. The molecule has 2 heterocycles. The molecule has 0 aliphatic rings. The maximum Gasteiger partial charge on any atom is 0.416 e. The molecule has 0 aliphatic carbocycles. The van der Waals surface area contributed by atoms with Gasteiger partial charge in [0.1, 0.15) is 16.9 Å². The lowest BCUT2D eigenvalue weighted by molar-refractivity contribution is -0.137. The van der Waals surface area contributed by atoms with Crippen LogP contribution in [0.3, 0.4) is 0 Å². The highest BCUT2D eigenvalue weighted by atomic mass is 19.4. The summed E-state index contributed by atoms with van der Waals surface area (Å²) in [6, 6.07) is 4.36. The van der Waals surface area contributed by atoms with E-state index in [1.54, 1.807) is 6.92 Å². The Labute approximate surface area is 159 Å². The summed E-state index contributed by atoms with van der Waals surface area (Å²) in [4.78, 5) is 19.3. The van der Waals surface area contributed by atoms with Gasteiger partial charge in [0.2, 0.25) is 0 Å². The summed E-state index contributed by atoms with van der Waals surface area (Å²) in [5.41, 5.74) is -0.582. The summed E-state index contributed by atoms with van der Waals surface area (Å²) >= 11 is 0. The Balaban J connectivity index is 2.26. The zero-order chi connectivity index (χ0) is 20.9. The van der Waals surface area contributed by atoms with Crippen molar-refractivity contribution < 1.29 is 18.3 Å². The molecule has 0 fully saturated rings. The van der Waals surface area contributed by atoms with Crippen molar-refractivity contribution in [3.8, 4) is 0 Å². The average molecular weight is 394 g/mol. The van der Waals surface area contributed by atoms with Crippen molar-refractivity contribution in [2.75, 3.05) is 0 Å². The molecular weight excluding hydrogens is 373 g/mol. The van der Waals surface area contributed by atoms with Gasteiger partial charge in [0, 0.05) is 0 Å². The van der Waals surface area contributed by atoms with E-state index in [9.17, 15) is 23.1 Å². The number of aliphatic hydroxyl groups excluding tert-OH is 1. The Kier molecular flexibility index (Phi) is 4.82. The number of aryl methyl sites for hydroxylation is 1. The normalized spacial score (nSPS) is 13.9. The molecule has 0 aliphatic heterocycles. The van der Waals surface area contributed by atoms with Crippen LogP contribution in [0.2, 0.25) is 0 Å². The Morgan fingerprint density at radius 2 is 1.79 bits per heavy atom. The fraction of sp³-hybridized carbons (Fsp3) is 0.421. The largest absolute Gasteiger partial charge is 0.416 e. The molecule has 6 nitrogen and oxygen atoms in total. The molecule has 3 rings (SSSR count). The fourth-order valence-electron chi connectivity index (χ4n) is 3.38. The van der Waals surface area contributed by atoms with E-state index >= 15 is 0 Å². The minimum Gasteiger partial charge on any atom is -0.390 e. The van der Waals surface area contributed by atoms with E-state index in [0.717, 1.165) is 12.1 Å². The van der Waals surface area contributed by atoms with Crippen LogP contribution in [0.4, 0.5) is 13.2 Å². The number of nitrogens with one attached hydrogen (secondary N) is 1. The molecule has 28 heavy (non-hydrogen) atoms. The molecule has 3 aromatic rings. The quantitative estimate of drug-likeness (QED) is 0.711. The maximum absolute atomic E-state index is 12.9. The molecule has 0 amide bonds. The Bertz CT molecular complexity index is 1060. The van der Waals surface area contributed by atoms with Crippen molar-refractivity contribution >= 4 is 11.0 Å². The Hall–Kier alpha value is -2.68. The van der Waals surface area contributed by atoms with Gasteiger partial charge in [-0.3, -0.25) is 4.79 Å². The van der Waals surface area contributed by atoms with Crippen molar-refractivity contribution in [1.29, 1.82) is 0 Å². The Morgan fingerprint density at radius 3 is 2.29 bits per heavy atom. The molecule has 0 radical (unpaired) electrons. The monoisotopic (exact) mass is 394 g/mol. The molecule has 0 spiro atoms. The number of aromatic amines is 1. The molecule has 9 heteroatoms. The predicted octanol–water partition coefficient (Wildman–Crippen LogP) is 3.57. The third-order valence-corrected chi connectivity index (χ3v) is 4.52. The number of rotatable bonds is 3. The van der Waals surface area contributed by atoms with Crippen LogP contribution in [0.15, 0.2) is 29.1 Å². The number of hydrogen-bond acceptors (Lipinski definition) is 4. The van der Waals surface area contributed by atoms with Gasteiger partial charge in [0.05, 0.1) is 18.2 Å². The predicted molar refractivity (Wildman–Crippen MR) is 97.8 cm³/mol. The highest BCUT2D eigenvalue weighted by molar-refractivity contribution is 5.77.